The van der Waals surface area contributed by atoms with Crippen LogP contribution < -0.4 is 0 Å². The minimum Gasteiger partial charge on any atom is -0.466 e. The Bertz CT molecular complexity index is 614. The Hall–Kier alpha value is -1.66. The average Bonchev–Trinajstić information content (AvgIpc) is 3.15. The normalized spacial score (nSPS) is 18.4. The van der Waals surface area contributed by atoms with Gasteiger partial charge in [-0.25, -0.2) is 0 Å². The van der Waals surface area contributed by atoms with Crippen LogP contribution in [0.15, 0.2) is 21.1 Å². The number of hydrogen-bond donors (Lipinski definition) is 0. The summed E-state index contributed by atoms with van der Waals surface area (Å²) in [5, 5.41) is 3.97. The van der Waals surface area contributed by atoms with Crippen LogP contribution in [-0.2, 0) is 6.54 Å². The van der Waals surface area contributed by atoms with Crippen LogP contribution in [0.25, 0.3) is 0 Å². The maximum Gasteiger partial charge on any atom is 0.223 e. The quantitative estimate of drug-likeness (QED) is 0.816. The van der Waals surface area contributed by atoms with Crippen molar-refractivity contribution >= 4 is 0 Å². The summed E-state index contributed by atoms with van der Waals surface area (Å²) in [6.07, 6.45) is 1.14. The summed E-state index contributed by atoms with van der Waals surface area (Å²) in [7, 11) is 0. The van der Waals surface area contributed by atoms with Crippen LogP contribution >= 0.6 is 0 Å². The molecule has 0 aliphatic carbocycles. The van der Waals surface area contributed by atoms with Gasteiger partial charge in [-0.1, -0.05) is 12.1 Å². The van der Waals surface area contributed by atoms with Crippen molar-refractivity contribution in [1.29, 1.82) is 0 Å². The molecule has 1 fully saturated rings. The van der Waals surface area contributed by atoms with Crippen molar-refractivity contribution in [2.75, 3.05) is 32.7 Å². The van der Waals surface area contributed by atoms with Crippen molar-refractivity contribution in [3.63, 3.8) is 0 Å². The van der Waals surface area contributed by atoms with Crippen molar-refractivity contribution < 1.29 is 8.94 Å². The van der Waals surface area contributed by atoms with E-state index >= 15 is 0 Å². The van der Waals surface area contributed by atoms with Crippen molar-refractivity contribution in [3.8, 4) is 0 Å². The summed E-state index contributed by atoms with van der Waals surface area (Å²) < 4.78 is 10.7. The largest absolute Gasteiger partial charge is 0.466 e. The SMILES string of the molecule is Cc1ccc([C@H](C)CCN2CCN(Cc3noc(C)n3)CC2)o1. The van der Waals surface area contributed by atoms with Gasteiger partial charge in [-0.15, -0.1) is 0 Å². The Morgan fingerprint density at radius 3 is 2.48 bits per heavy atom. The number of piperazine rings is 1. The molecule has 0 bridgehead atoms. The molecule has 0 aromatic carbocycles. The third-order valence-electron chi connectivity index (χ3n) is 4.52. The van der Waals surface area contributed by atoms with E-state index in [9.17, 15) is 0 Å². The predicted molar refractivity (Wildman–Crippen MR) is 87.2 cm³/mol. The van der Waals surface area contributed by atoms with Crippen LogP contribution in [0.4, 0.5) is 0 Å². The van der Waals surface area contributed by atoms with E-state index < -0.39 is 0 Å². The fourth-order valence-electron chi connectivity index (χ4n) is 3.01. The fraction of sp³-hybridized carbons (Fsp3) is 0.647. The molecule has 3 rings (SSSR count). The van der Waals surface area contributed by atoms with Gasteiger partial charge in [-0.3, -0.25) is 4.90 Å². The van der Waals surface area contributed by atoms with E-state index in [0.717, 1.165) is 63.0 Å². The molecule has 0 saturated carbocycles. The standard InChI is InChI=1S/C17H26N4O2/c1-13(16-5-4-14(2)22-16)6-7-20-8-10-21(11-9-20)12-17-18-15(3)23-19-17/h4-5,13H,6-12H2,1-3H3/t13-/m1/s1. The second-order valence-corrected chi connectivity index (χ2v) is 6.49. The maximum atomic E-state index is 5.72. The van der Waals surface area contributed by atoms with Crippen LogP contribution in [0.2, 0.25) is 0 Å². The van der Waals surface area contributed by atoms with Crippen molar-refractivity contribution in [1.82, 2.24) is 19.9 Å². The van der Waals surface area contributed by atoms with Gasteiger partial charge >= 0.3 is 0 Å². The van der Waals surface area contributed by atoms with Gasteiger partial charge in [0.25, 0.3) is 0 Å². The molecule has 1 aliphatic rings. The number of nitrogens with zero attached hydrogens (tertiary/aromatic N) is 4. The molecule has 0 radical (unpaired) electrons. The van der Waals surface area contributed by atoms with Gasteiger partial charge in [0, 0.05) is 39.0 Å². The van der Waals surface area contributed by atoms with Gasteiger partial charge in [0.05, 0.1) is 6.54 Å². The lowest BCUT2D eigenvalue weighted by molar-refractivity contribution is 0.121. The minimum absolute atomic E-state index is 0.476. The molecule has 0 spiro atoms. The molecule has 0 N–H and O–H groups in total. The Morgan fingerprint density at radius 1 is 1.13 bits per heavy atom. The van der Waals surface area contributed by atoms with E-state index in [4.69, 9.17) is 8.94 Å². The van der Waals surface area contributed by atoms with Gasteiger partial charge in [0.15, 0.2) is 5.82 Å². The first-order valence-electron chi connectivity index (χ1n) is 8.40. The van der Waals surface area contributed by atoms with Gasteiger partial charge < -0.3 is 13.8 Å². The van der Waals surface area contributed by atoms with Crippen molar-refractivity contribution in [3.05, 3.63) is 35.4 Å². The predicted octanol–water partition coefficient (Wildman–Crippen LogP) is 2.59. The monoisotopic (exact) mass is 318 g/mol. The summed E-state index contributed by atoms with van der Waals surface area (Å²) in [5.41, 5.74) is 0. The molecule has 6 nitrogen and oxygen atoms in total. The van der Waals surface area contributed by atoms with E-state index in [1.165, 1.54) is 0 Å². The zero-order chi connectivity index (χ0) is 16.2. The van der Waals surface area contributed by atoms with Gasteiger partial charge in [-0.05, 0) is 32.0 Å². The number of aromatic nitrogens is 2. The molecule has 2 aromatic rings. The highest BCUT2D eigenvalue weighted by Gasteiger charge is 2.19. The molecule has 3 heterocycles. The summed E-state index contributed by atoms with van der Waals surface area (Å²) in [6.45, 7) is 12.3. The lowest BCUT2D eigenvalue weighted by Gasteiger charge is -2.34. The van der Waals surface area contributed by atoms with Crippen LogP contribution in [0.5, 0.6) is 0 Å². The topological polar surface area (TPSA) is 58.5 Å². The van der Waals surface area contributed by atoms with Crippen LogP contribution in [0, 0.1) is 13.8 Å². The van der Waals surface area contributed by atoms with E-state index in [1.54, 1.807) is 0 Å². The molecule has 0 unspecified atom stereocenters. The Labute approximate surface area is 137 Å². The highest BCUT2D eigenvalue weighted by molar-refractivity contribution is 5.09. The average molecular weight is 318 g/mol. The van der Waals surface area contributed by atoms with Gasteiger partial charge in [-0.2, -0.15) is 4.98 Å². The highest BCUT2D eigenvalue weighted by Crippen LogP contribution is 2.21. The molecule has 6 heteroatoms. The second-order valence-electron chi connectivity index (χ2n) is 6.49. The molecule has 1 aliphatic heterocycles. The first-order valence-corrected chi connectivity index (χ1v) is 8.40. The smallest absolute Gasteiger partial charge is 0.223 e. The molecular weight excluding hydrogens is 292 g/mol. The minimum atomic E-state index is 0.476. The summed E-state index contributed by atoms with van der Waals surface area (Å²) in [5.74, 6) is 4.01. The molecule has 23 heavy (non-hydrogen) atoms. The summed E-state index contributed by atoms with van der Waals surface area (Å²) in [6, 6.07) is 4.15. The van der Waals surface area contributed by atoms with Gasteiger partial charge in [0.2, 0.25) is 5.89 Å². The van der Waals surface area contributed by atoms with Crippen LogP contribution in [0.3, 0.4) is 0 Å². The number of hydrogen-bond acceptors (Lipinski definition) is 6. The second kappa shape index (κ2) is 7.27. The van der Waals surface area contributed by atoms with Crippen molar-refractivity contribution in [2.24, 2.45) is 0 Å². The molecule has 0 amide bonds. The zero-order valence-corrected chi connectivity index (χ0v) is 14.3. The van der Waals surface area contributed by atoms with Crippen molar-refractivity contribution in [2.45, 2.75) is 39.7 Å². The van der Waals surface area contributed by atoms with E-state index in [2.05, 4.69) is 32.9 Å². The highest BCUT2D eigenvalue weighted by atomic mass is 16.5. The molecule has 1 atom stereocenters. The third kappa shape index (κ3) is 4.42. The van der Waals surface area contributed by atoms with E-state index in [0.29, 0.717) is 11.8 Å². The zero-order valence-electron chi connectivity index (χ0n) is 14.3. The third-order valence-corrected chi connectivity index (χ3v) is 4.52. The number of rotatable bonds is 6. The first-order chi connectivity index (χ1) is 11.1. The maximum absolute atomic E-state index is 5.72. The molecule has 1 saturated heterocycles. The lowest BCUT2D eigenvalue weighted by Crippen LogP contribution is -2.46. The number of furan rings is 1. The first kappa shape index (κ1) is 16.2. The lowest BCUT2D eigenvalue weighted by atomic mass is 10.0. The Morgan fingerprint density at radius 2 is 1.87 bits per heavy atom. The van der Waals surface area contributed by atoms with E-state index in [1.807, 2.05) is 19.9 Å². The van der Waals surface area contributed by atoms with E-state index in [-0.39, 0.29) is 0 Å². The Kier molecular flexibility index (Phi) is 5.13. The number of aryl methyl sites for hydroxylation is 2. The Balaban J connectivity index is 1.39. The van der Waals surface area contributed by atoms with Crippen LogP contribution in [0.1, 0.15) is 42.5 Å². The summed E-state index contributed by atoms with van der Waals surface area (Å²) >= 11 is 0. The molecule has 2 aromatic heterocycles. The molecule has 126 valence electrons. The van der Waals surface area contributed by atoms with Crippen LogP contribution in [-0.4, -0.2) is 52.7 Å². The molecular formula is C17H26N4O2. The fourth-order valence-corrected chi connectivity index (χ4v) is 3.01. The van der Waals surface area contributed by atoms with Gasteiger partial charge in [0.1, 0.15) is 11.5 Å². The summed E-state index contributed by atoms with van der Waals surface area (Å²) in [4.78, 5) is 9.20.